The number of nitrogens with one attached hydrogen (secondary N) is 2. The van der Waals surface area contributed by atoms with Gasteiger partial charge >= 0.3 is 0 Å². The molecule has 0 aliphatic rings. The van der Waals surface area contributed by atoms with Gasteiger partial charge in [0.1, 0.15) is 11.6 Å². The summed E-state index contributed by atoms with van der Waals surface area (Å²) in [6.07, 6.45) is 4.97. The number of anilines is 5. The second-order valence-corrected chi connectivity index (χ2v) is 10.2. The number of nitrogens with zero attached hydrogens (tertiary/aromatic N) is 5. The fourth-order valence-electron chi connectivity index (χ4n) is 4.31. The molecule has 9 heteroatoms. The molecule has 5 rings (SSSR count). The highest BCUT2D eigenvalue weighted by Crippen LogP contribution is 2.28. The van der Waals surface area contributed by atoms with E-state index in [1.165, 1.54) is 5.56 Å². The summed E-state index contributed by atoms with van der Waals surface area (Å²) in [5.41, 5.74) is 6.40. The maximum absolute atomic E-state index is 5.25. The molecule has 2 N–H and O–H groups in total. The summed E-state index contributed by atoms with van der Waals surface area (Å²) < 4.78 is 7.32. The first kappa shape index (κ1) is 26.4. The molecular formula is C30H33N7OS. The van der Waals surface area contributed by atoms with Crippen molar-refractivity contribution in [3.63, 3.8) is 0 Å². The third-order valence-electron chi connectivity index (χ3n) is 6.65. The van der Waals surface area contributed by atoms with Gasteiger partial charge in [-0.25, -0.2) is 9.97 Å². The van der Waals surface area contributed by atoms with Crippen molar-refractivity contribution < 1.29 is 4.74 Å². The zero-order chi connectivity index (χ0) is 27.2. The highest BCUT2D eigenvalue weighted by molar-refractivity contribution is 7.98. The normalized spacial score (nSPS) is 11.0. The van der Waals surface area contributed by atoms with E-state index in [9.17, 15) is 0 Å². The highest BCUT2D eigenvalue weighted by atomic mass is 32.2. The number of benzene rings is 3. The number of imidazole rings is 1. The van der Waals surface area contributed by atoms with Crippen LogP contribution in [0.5, 0.6) is 5.75 Å². The molecule has 0 saturated heterocycles. The Morgan fingerprint density at radius 3 is 2.46 bits per heavy atom. The molecule has 0 unspecified atom stereocenters. The molecule has 3 aromatic carbocycles. The summed E-state index contributed by atoms with van der Waals surface area (Å²) in [6, 6.07) is 24.6. The van der Waals surface area contributed by atoms with Crippen LogP contribution in [0, 0.1) is 0 Å². The van der Waals surface area contributed by atoms with Crippen LogP contribution in [-0.2, 0) is 20.0 Å². The van der Waals surface area contributed by atoms with Crippen molar-refractivity contribution in [2.75, 3.05) is 41.7 Å². The molecule has 2 heterocycles. The number of aryl methyl sites for hydroxylation is 2. The largest absolute Gasteiger partial charge is 0.497 e. The molecule has 2 aromatic heterocycles. The topological polar surface area (TPSA) is 80.1 Å². The lowest BCUT2D eigenvalue weighted by Gasteiger charge is -2.19. The molecule has 8 nitrogen and oxygen atoms in total. The lowest BCUT2D eigenvalue weighted by atomic mass is 10.1. The first-order valence-corrected chi connectivity index (χ1v) is 14.2. The van der Waals surface area contributed by atoms with Crippen molar-refractivity contribution in [1.82, 2.24) is 19.5 Å². The number of ether oxygens (including phenoxy) is 1. The van der Waals surface area contributed by atoms with E-state index >= 15 is 0 Å². The van der Waals surface area contributed by atoms with Crippen LogP contribution in [0.2, 0.25) is 0 Å². The van der Waals surface area contributed by atoms with Crippen LogP contribution in [0.3, 0.4) is 0 Å². The lowest BCUT2D eigenvalue weighted by Crippen LogP contribution is -2.12. The van der Waals surface area contributed by atoms with Gasteiger partial charge in [-0.15, -0.1) is 0 Å². The van der Waals surface area contributed by atoms with Gasteiger partial charge in [0.05, 0.1) is 18.1 Å². The van der Waals surface area contributed by atoms with Gasteiger partial charge in [-0.1, -0.05) is 24.3 Å². The van der Waals surface area contributed by atoms with Crippen LogP contribution in [0.4, 0.5) is 29.1 Å². The fourth-order valence-corrected chi connectivity index (χ4v) is 4.75. The van der Waals surface area contributed by atoms with Crippen molar-refractivity contribution in [2.24, 2.45) is 7.05 Å². The number of fused-ring (bicyclic) bond motifs is 1. The van der Waals surface area contributed by atoms with Crippen molar-refractivity contribution >= 4 is 51.9 Å². The molecule has 0 aliphatic heterocycles. The van der Waals surface area contributed by atoms with Gasteiger partial charge in [-0.05, 0) is 78.1 Å². The Hall–Kier alpha value is -4.24. The maximum Gasteiger partial charge on any atom is 0.229 e. The monoisotopic (exact) mass is 539 g/mol. The molecule has 0 spiro atoms. The van der Waals surface area contributed by atoms with Gasteiger partial charge in [-0.3, -0.25) is 0 Å². The number of hydrogen-bond donors (Lipinski definition) is 2. The first-order chi connectivity index (χ1) is 19.0. The van der Waals surface area contributed by atoms with E-state index in [1.807, 2.05) is 61.1 Å². The summed E-state index contributed by atoms with van der Waals surface area (Å²) in [7, 11) is 5.69. The van der Waals surface area contributed by atoms with Gasteiger partial charge in [0, 0.05) is 38.2 Å². The average Bonchev–Trinajstić information content (AvgIpc) is 3.30. The first-order valence-electron chi connectivity index (χ1n) is 12.8. The molecule has 0 bridgehead atoms. The van der Waals surface area contributed by atoms with Crippen LogP contribution in [0.15, 0.2) is 79.0 Å². The summed E-state index contributed by atoms with van der Waals surface area (Å²) in [5.74, 6) is 4.13. The number of methoxy groups -OCH3 is 1. The molecule has 200 valence electrons. The van der Waals surface area contributed by atoms with E-state index < -0.39 is 0 Å². The van der Waals surface area contributed by atoms with E-state index in [0.29, 0.717) is 12.5 Å². The predicted octanol–water partition coefficient (Wildman–Crippen LogP) is 6.40. The molecule has 5 aromatic rings. The van der Waals surface area contributed by atoms with Gasteiger partial charge in [0.25, 0.3) is 0 Å². The fraction of sp³-hybridized carbons (Fsp3) is 0.233. The Morgan fingerprint density at radius 2 is 1.72 bits per heavy atom. The second kappa shape index (κ2) is 12.1. The van der Waals surface area contributed by atoms with E-state index in [-0.39, 0.29) is 0 Å². The molecule has 0 aliphatic carbocycles. The van der Waals surface area contributed by atoms with Crippen LogP contribution < -0.4 is 20.3 Å². The van der Waals surface area contributed by atoms with Crippen LogP contribution >= 0.6 is 11.8 Å². The molecular weight excluding hydrogens is 506 g/mol. The zero-order valence-corrected chi connectivity index (χ0v) is 23.5. The molecule has 0 radical (unpaired) electrons. The quantitative estimate of drug-likeness (QED) is 0.200. The van der Waals surface area contributed by atoms with Crippen molar-refractivity contribution in [3.05, 3.63) is 90.1 Å². The minimum Gasteiger partial charge on any atom is -0.497 e. The average molecular weight is 540 g/mol. The number of thioether (sulfide) groups is 1. The van der Waals surface area contributed by atoms with E-state index in [4.69, 9.17) is 14.7 Å². The number of rotatable bonds is 11. The predicted molar refractivity (Wildman–Crippen MR) is 163 cm³/mol. The Bertz CT molecular complexity index is 1530. The second-order valence-electron chi connectivity index (χ2n) is 9.23. The van der Waals surface area contributed by atoms with E-state index in [2.05, 4.69) is 68.9 Å². The molecule has 39 heavy (non-hydrogen) atoms. The molecule has 0 atom stereocenters. The minimum atomic E-state index is 0.556. The van der Waals surface area contributed by atoms with Crippen LogP contribution in [0.25, 0.3) is 11.0 Å². The zero-order valence-electron chi connectivity index (χ0n) is 22.7. The summed E-state index contributed by atoms with van der Waals surface area (Å²) in [5, 5.41) is 6.77. The Kier molecular flexibility index (Phi) is 8.17. The third kappa shape index (κ3) is 6.26. The summed E-state index contributed by atoms with van der Waals surface area (Å²) in [6.45, 7) is 0.672. The Morgan fingerprint density at radius 1 is 0.949 bits per heavy atom. The van der Waals surface area contributed by atoms with E-state index in [1.54, 1.807) is 13.3 Å². The van der Waals surface area contributed by atoms with Crippen molar-refractivity contribution in [1.29, 1.82) is 0 Å². The smallest absolute Gasteiger partial charge is 0.229 e. The lowest BCUT2D eigenvalue weighted by molar-refractivity contribution is 0.414. The van der Waals surface area contributed by atoms with Crippen molar-refractivity contribution in [3.8, 4) is 5.75 Å². The molecule has 0 amide bonds. The number of aromatic nitrogens is 4. The minimum absolute atomic E-state index is 0.556. The number of hydrogen-bond acceptors (Lipinski definition) is 8. The maximum atomic E-state index is 5.25. The molecule has 0 saturated carbocycles. The standard InChI is InChI=1S/C30H33N7OS/c1-36(28-15-17-31-29(35-28)33-23-9-5-21(6-10-23)16-18-39-4)24-11-14-27-26(19-24)34-30(37(27)2)32-20-22-7-12-25(38-3)13-8-22/h5-15,17,19H,16,18,20H2,1-4H3,(H,32,34)(H,31,33,35). The summed E-state index contributed by atoms with van der Waals surface area (Å²) in [4.78, 5) is 16.1. The van der Waals surface area contributed by atoms with Gasteiger partial charge in [0.15, 0.2) is 0 Å². The summed E-state index contributed by atoms with van der Waals surface area (Å²) >= 11 is 1.86. The SMILES string of the molecule is COc1ccc(CNc2nc3cc(N(C)c4ccnc(Nc5ccc(CCSC)cc5)n4)ccc3n2C)cc1. The molecule has 0 fully saturated rings. The van der Waals surface area contributed by atoms with Crippen LogP contribution in [0.1, 0.15) is 11.1 Å². The Labute approximate surface area is 233 Å². The van der Waals surface area contributed by atoms with Gasteiger partial charge < -0.3 is 24.8 Å². The highest BCUT2D eigenvalue weighted by Gasteiger charge is 2.12. The third-order valence-corrected chi connectivity index (χ3v) is 7.26. The van der Waals surface area contributed by atoms with Crippen molar-refractivity contribution in [2.45, 2.75) is 13.0 Å². The van der Waals surface area contributed by atoms with Crippen LogP contribution in [-0.4, -0.2) is 45.7 Å². The van der Waals surface area contributed by atoms with E-state index in [0.717, 1.165) is 57.7 Å². The Balaban J connectivity index is 1.29. The van der Waals surface area contributed by atoms with Gasteiger partial charge in [0.2, 0.25) is 11.9 Å². The van der Waals surface area contributed by atoms with Gasteiger partial charge in [-0.2, -0.15) is 16.7 Å².